The van der Waals surface area contributed by atoms with Gasteiger partial charge in [-0.05, 0) is 43.6 Å². The summed E-state index contributed by atoms with van der Waals surface area (Å²) in [5.41, 5.74) is 3.59. The Hall–Kier alpha value is -2.14. The Kier molecular flexibility index (Phi) is 7.26. The lowest BCUT2D eigenvalue weighted by molar-refractivity contribution is -0.136. The molecule has 0 radical (unpaired) electrons. The number of carbonyl (C=O) groups excluding carboxylic acids is 1. The first-order valence-electron chi connectivity index (χ1n) is 10.6. The van der Waals surface area contributed by atoms with Crippen molar-refractivity contribution in [1.29, 1.82) is 0 Å². The van der Waals surface area contributed by atoms with Crippen molar-refractivity contribution < 1.29 is 4.79 Å². The van der Waals surface area contributed by atoms with Crippen LogP contribution in [0.15, 0.2) is 36.5 Å². The second-order valence-corrected chi connectivity index (χ2v) is 8.22. The van der Waals surface area contributed by atoms with Gasteiger partial charge in [0.1, 0.15) is 0 Å². The second kappa shape index (κ2) is 9.87. The third-order valence-corrected chi connectivity index (χ3v) is 6.22. The zero-order chi connectivity index (χ0) is 19.9. The molecule has 1 fully saturated rings. The van der Waals surface area contributed by atoms with Crippen LogP contribution in [0.4, 0.5) is 0 Å². The van der Waals surface area contributed by atoms with E-state index >= 15 is 0 Å². The number of hydrogen-bond acceptors (Lipinski definition) is 3. The molecule has 0 saturated carbocycles. The number of nitrogens with one attached hydrogen (secondary N) is 2. The summed E-state index contributed by atoms with van der Waals surface area (Å²) in [5, 5.41) is 10.6. The van der Waals surface area contributed by atoms with Crippen LogP contribution in [0.3, 0.4) is 0 Å². The van der Waals surface area contributed by atoms with Crippen molar-refractivity contribution in [2.24, 2.45) is 11.8 Å². The van der Waals surface area contributed by atoms with Gasteiger partial charge in [0.25, 0.3) is 0 Å². The smallest absolute Gasteiger partial charge is 0.239 e. The average molecular weight is 383 g/mol. The van der Waals surface area contributed by atoms with E-state index in [4.69, 9.17) is 0 Å². The molecule has 0 aliphatic carbocycles. The summed E-state index contributed by atoms with van der Waals surface area (Å²) in [7, 11) is 0. The molecule has 1 aromatic carbocycles. The number of piperidine rings is 1. The predicted octanol–water partition coefficient (Wildman–Crippen LogP) is 3.70. The third-order valence-electron chi connectivity index (χ3n) is 6.22. The number of aromatic amines is 1. The van der Waals surface area contributed by atoms with Crippen LogP contribution in [0.2, 0.25) is 0 Å². The molecule has 1 aromatic heterocycles. The zero-order valence-corrected chi connectivity index (χ0v) is 17.4. The standard InChI is InChI=1S/C23H34N4O/c1-4-17(2)22(24-15-21-16-25-26-18(21)3)23(28)27-12-10-20(11-13-27)14-19-8-6-5-7-9-19/h5-9,16-17,20,22,24H,4,10-15H2,1-3H3,(H,25,26). The lowest BCUT2D eigenvalue weighted by Crippen LogP contribution is -2.51. The van der Waals surface area contributed by atoms with Gasteiger partial charge < -0.3 is 10.2 Å². The zero-order valence-electron chi connectivity index (χ0n) is 17.4. The van der Waals surface area contributed by atoms with Crippen LogP contribution in [0, 0.1) is 18.8 Å². The van der Waals surface area contributed by atoms with Crippen LogP contribution < -0.4 is 5.32 Å². The SMILES string of the molecule is CCC(C)C(NCc1cn[nH]c1C)C(=O)N1CCC(Cc2ccccc2)CC1. The first-order valence-corrected chi connectivity index (χ1v) is 10.6. The Morgan fingerprint density at radius 1 is 1.29 bits per heavy atom. The quantitative estimate of drug-likeness (QED) is 0.732. The molecular formula is C23H34N4O. The fraction of sp³-hybridized carbons (Fsp3) is 0.565. The van der Waals surface area contributed by atoms with E-state index < -0.39 is 0 Å². The number of amides is 1. The van der Waals surface area contributed by atoms with Gasteiger partial charge in [0.15, 0.2) is 0 Å². The first kappa shape index (κ1) is 20.6. The van der Waals surface area contributed by atoms with E-state index in [-0.39, 0.29) is 11.9 Å². The Morgan fingerprint density at radius 3 is 2.61 bits per heavy atom. The van der Waals surface area contributed by atoms with E-state index in [1.54, 1.807) is 0 Å². The minimum Gasteiger partial charge on any atom is -0.341 e. The summed E-state index contributed by atoms with van der Waals surface area (Å²) in [5.74, 6) is 1.24. The van der Waals surface area contributed by atoms with Crippen LogP contribution >= 0.6 is 0 Å². The van der Waals surface area contributed by atoms with E-state index in [2.05, 4.69) is 64.6 Å². The molecule has 2 atom stereocenters. The van der Waals surface area contributed by atoms with E-state index in [0.717, 1.165) is 50.0 Å². The number of benzene rings is 1. The van der Waals surface area contributed by atoms with Gasteiger partial charge in [-0.3, -0.25) is 9.89 Å². The number of aryl methyl sites for hydroxylation is 1. The topological polar surface area (TPSA) is 61.0 Å². The Labute approximate surface area is 168 Å². The highest BCUT2D eigenvalue weighted by Gasteiger charge is 2.31. The molecule has 5 heteroatoms. The van der Waals surface area contributed by atoms with E-state index in [1.807, 2.05) is 13.1 Å². The van der Waals surface area contributed by atoms with Gasteiger partial charge in [0, 0.05) is 30.9 Å². The molecule has 28 heavy (non-hydrogen) atoms. The molecule has 1 saturated heterocycles. The minimum atomic E-state index is -0.134. The van der Waals surface area contributed by atoms with Crippen molar-refractivity contribution >= 4 is 5.91 Å². The molecule has 0 spiro atoms. The van der Waals surface area contributed by atoms with Crippen LogP contribution in [0.1, 0.15) is 49.9 Å². The van der Waals surface area contributed by atoms with Crippen molar-refractivity contribution in [3.63, 3.8) is 0 Å². The molecule has 5 nitrogen and oxygen atoms in total. The monoisotopic (exact) mass is 382 g/mol. The van der Waals surface area contributed by atoms with Crippen molar-refractivity contribution in [2.45, 2.75) is 59.0 Å². The molecule has 3 rings (SSSR count). The van der Waals surface area contributed by atoms with Gasteiger partial charge in [0.05, 0.1) is 12.2 Å². The number of aromatic nitrogens is 2. The highest BCUT2D eigenvalue weighted by molar-refractivity contribution is 5.82. The molecule has 152 valence electrons. The molecule has 2 N–H and O–H groups in total. The van der Waals surface area contributed by atoms with Crippen molar-refractivity contribution in [1.82, 2.24) is 20.4 Å². The van der Waals surface area contributed by atoms with Crippen molar-refractivity contribution in [3.8, 4) is 0 Å². The summed E-state index contributed by atoms with van der Waals surface area (Å²) in [6.45, 7) is 8.75. The third kappa shape index (κ3) is 5.22. The van der Waals surface area contributed by atoms with E-state index in [1.165, 1.54) is 5.56 Å². The van der Waals surface area contributed by atoms with E-state index in [9.17, 15) is 4.79 Å². The maximum Gasteiger partial charge on any atom is 0.239 e. The lowest BCUT2D eigenvalue weighted by atomic mass is 9.89. The Bertz CT molecular complexity index is 734. The van der Waals surface area contributed by atoms with Gasteiger partial charge in [-0.1, -0.05) is 50.6 Å². The van der Waals surface area contributed by atoms with Crippen LogP contribution in [0.25, 0.3) is 0 Å². The van der Waals surface area contributed by atoms with Gasteiger partial charge >= 0.3 is 0 Å². The molecule has 2 heterocycles. The highest BCUT2D eigenvalue weighted by atomic mass is 16.2. The number of likely N-dealkylation sites (tertiary alicyclic amines) is 1. The molecule has 2 unspecified atom stereocenters. The maximum absolute atomic E-state index is 13.2. The summed E-state index contributed by atoms with van der Waals surface area (Å²) < 4.78 is 0. The van der Waals surface area contributed by atoms with Crippen molar-refractivity contribution in [2.75, 3.05) is 13.1 Å². The second-order valence-electron chi connectivity index (χ2n) is 8.22. The first-order chi connectivity index (χ1) is 13.6. The van der Waals surface area contributed by atoms with Gasteiger partial charge in [-0.25, -0.2) is 0 Å². The molecule has 2 aromatic rings. The van der Waals surface area contributed by atoms with Crippen LogP contribution in [-0.4, -0.2) is 40.1 Å². The highest BCUT2D eigenvalue weighted by Crippen LogP contribution is 2.23. The average Bonchev–Trinajstić information content (AvgIpc) is 3.14. The minimum absolute atomic E-state index is 0.134. The van der Waals surface area contributed by atoms with Crippen molar-refractivity contribution in [3.05, 3.63) is 53.3 Å². The molecular weight excluding hydrogens is 348 g/mol. The fourth-order valence-corrected chi connectivity index (χ4v) is 4.04. The van der Waals surface area contributed by atoms with Gasteiger partial charge in [0.2, 0.25) is 5.91 Å². The van der Waals surface area contributed by atoms with Gasteiger partial charge in [-0.2, -0.15) is 5.10 Å². The Balaban J connectivity index is 1.55. The van der Waals surface area contributed by atoms with Crippen LogP contribution in [0.5, 0.6) is 0 Å². The summed E-state index contributed by atoms with van der Waals surface area (Å²) in [4.78, 5) is 15.3. The van der Waals surface area contributed by atoms with E-state index in [0.29, 0.717) is 18.4 Å². The molecule has 0 bridgehead atoms. The maximum atomic E-state index is 13.2. The van der Waals surface area contributed by atoms with Crippen LogP contribution in [-0.2, 0) is 17.8 Å². The normalized spacial score (nSPS) is 17.5. The van der Waals surface area contributed by atoms with Gasteiger partial charge in [-0.15, -0.1) is 0 Å². The summed E-state index contributed by atoms with van der Waals surface area (Å²) >= 11 is 0. The largest absolute Gasteiger partial charge is 0.341 e. The Morgan fingerprint density at radius 2 is 2.00 bits per heavy atom. The number of carbonyl (C=O) groups is 1. The number of H-pyrrole nitrogens is 1. The summed E-state index contributed by atoms with van der Waals surface area (Å²) in [6, 6.07) is 10.6. The predicted molar refractivity (Wildman–Crippen MR) is 113 cm³/mol. The summed E-state index contributed by atoms with van der Waals surface area (Å²) in [6.07, 6.45) is 6.13. The molecule has 1 aliphatic rings. The fourth-order valence-electron chi connectivity index (χ4n) is 4.04. The number of nitrogens with zero attached hydrogens (tertiary/aromatic N) is 2. The number of hydrogen-bond donors (Lipinski definition) is 2. The number of rotatable bonds is 8. The molecule has 1 aliphatic heterocycles. The molecule has 1 amide bonds. The lowest BCUT2D eigenvalue weighted by Gasteiger charge is -2.36.